The van der Waals surface area contributed by atoms with E-state index in [0.717, 1.165) is 45.0 Å². The van der Waals surface area contributed by atoms with Crippen LogP contribution in [-0.4, -0.2) is 31.5 Å². The molecule has 2 atom stereocenters. The number of hydrogen-bond acceptors (Lipinski definition) is 3. The fourth-order valence-corrected chi connectivity index (χ4v) is 4.49. The molecule has 0 amide bonds. The van der Waals surface area contributed by atoms with Gasteiger partial charge in [-0.3, -0.25) is 0 Å². The van der Waals surface area contributed by atoms with Crippen molar-refractivity contribution in [3.63, 3.8) is 0 Å². The van der Waals surface area contributed by atoms with Crippen molar-refractivity contribution >= 4 is 0 Å². The van der Waals surface area contributed by atoms with Crippen molar-refractivity contribution in [2.45, 2.75) is 75.9 Å². The van der Waals surface area contributed by atoms with Crippen LogP contribution >= 0.6 is 0 Å². The monoisotopic (exact) mass is 281 g/mol. The lowest BCUT2D eigenvalue weighted by molar-refractivity contribution is -0.149. The first kappa shape index (κ1) is 14.8. The van der Waals surface area contributed by atoms with Gasteiger partial charge >= 0.3 is 0 Å². The Bertz CT molecular complexity index is 290. The lowest BCUT2D eigenvalue weighted by Gasteiger charge is -2.44. The molecule has 1 aliphatic carbocycles. The highest BCUT2D eigenvalue weighted by molar-refractivity contribution is 4.92. The van der Waals surface area contributed by atoms with Crippen molar-refractivity contribution in [2.24, 2.45) is 17.6 Å². The summed E-state index contributed by atoms with van der Waals surface area (Å²) in [7, 11) is 0. The predicted molar refractivity (Wildman–Crippen MR) is 80.6 cm³/mol. The van der Waals surface area contributed by atoms with E-state index in [0.29, 0.717) is 12.0 Å². The van der Waals surface area contributed by atoms with Gasteiger partial charge in [-0.2, -0.15) is 0 Å². The molecule has 2 heterocycles. The maximum atomic E-state index is 6.53. The predicted octanol–water partition coefficient (Wildman–Crippen LogP) is 3.26. The maximum absolute atomic E-state index is 6.53. The van der Waals surface area contributed by atoms with Gasteiger partial charge in [0.1, 0.15) is 0 Å². The third-order valence-corrected chi connectivity index (χ3v) is 5.92. The largest absolute Gasteiger partial charge is 0.381 e. The van der Waals surface area contributed by atoms with Gasteiger partial charge in [-0.25, -0.2) is 0 Å². The highest BCUT2D eigenvalue weighted by Gasteiger charge is 2.40. The van der Waals surface area contributed by atoms with Crippen LogP contribution < -0.4 is 5.73 Å². The minimum atomic E-state index is 0.103. The molecule has 0 aromatic carbocycles. The maximum Gasteiger partial charge on any atom is 0.0729 e. The zero-order valence-electron chi connectivity index (χ0n) is 12.8. The third kappa shape index (κ3) is 3.55. The van der Waals surface area contributed by atoms with Gasteiger partial charge in [0.05, 0.1) is 5.60 Å². The Morgan fingerprint density at radius 3 is 2.55 bits per heavy atom. The van der Waals surface area contributed by atoms with Crippen LogP contribution in [0.25, 0.3) is 0 Å². The molecule has 3 heteroatoms. The average Bonchev–Trinajstić information content (AvgIpc) is 2.99. The summed E-state index contributed by atoms with van der Waals surface area (Å²) in [6, 6.07) is 0.388. The number of ether oxygens (including phenoxy) is 2. The highest BCUT2D eigenvalue weighted by Crippen LogP contribution is 2.39. The topological polar surface area (TPSA) is 44.5 Å². The van der Waals surface area contributed by atoms with Gasteiger partial charge in [0.2, 0.25) is 0 Å². The number of rotatable bonds is 4. The molecule has 2 unspecified atom stereocenters. The van der Waals surface area contributed by atoms with E-state index in [1.807, 2.05) is 0 Å². The zero-order chi connectivity index (χ0) is 13.8. The van der Waals surface area contributed by atoms with E-state index in [1.165, 1.54) is 44.9 Å². The number of hydrogen-bond donors (Lipinski definition) is 1. The SMILES string of the molecule is NC(CCC1CCCC1)C1CCOC2(CCOCC2)C1. The number of nitrogens with two attached hydrogens (primary N) is 1. The normalized spacial score (nSPS) is 32.5. The fourth-order valence-electron chi connectivity index (χ4n) is 4.49. The first-order chi connectivity index (χ1) is 9.77. The van der Waals surface area contributed by atoms with Crippen molar-refractivity contribution in [1.29, 1.82) is 0 Å². The molecule has 20 heavy (non-hydrogen) atoms. The summed E-state index contributed by atoms with van der Waals surface area (Å²) in [5.74, 6) is 1.64. The zero-order valence-corrected chi connectivity index (χ0v) is 12.8. The van der Waals surface area contributed by atoms with Crippen LogP contribution in [0.2, 0.25) is 0 Å². The summed E-state index contributed by atoms with van der Waals surface area (Å²) in [6.07, 6.45) is 12.8. The van der Waals surface area contributed by atoms with Crippen LogP contribution in [0.15, 0.2) is 0 Å². The van der Waals surface area contributed by atoms with Gasteiger partial charge in [0.25, 0.3) is 0 Å². The Balaban J connectivity index is 1.47. The molecule has 0 aromatic rings. The van der Waals surface area contributed by atoms with Crippen LogP contribution in [0.4, 0.5) is 0 Å². The van der Waals surface area contributed by atoms with Gasteiger partial charge in [-0.15, -0.1) is 0 Å². The van der Waals surface area contributed by atoms with E-state index in [4.69, 9.17) is 15.2 Å². The summed E-state index contributed by atoms with van der Waals surface area (Å²) in [4.78, 5) is 0. The standard InChI is InChI=1S/C17H31NO2/c18-16(6-5-14-3-1-2-4-14)15-7-10-20-17(13-15)8-11-19-12-9-17/h14-16H,1-13,18H2. The molecular formula is C17H31NO2. The average molecular weight is 281 g/mol. The molecule has 3 nitrogen and oxygen atoms in total. The van der Waals surface area contributed by atoms with E-state index in [2.05, 4.69) is 0 Å². The third-order valence-electron chi connectivity index (χ3n) is 5.92. The van der Waals surface area contributed by atoms with E-state index in [1.54, 1.807) is 0 Å². The van der Waals surface area contributed by atoms with Gasteiger partial charge in [0.15, 0.2) is 0 Å². The Hall–Kier alpha value is -0.120. The molecule has 2 N–H and O–H groups in total. The van der Waals surface area contributed by atoms with E-state index in [9.17, 15) is 0 Å². The van der Waals surface area contributed by atoms with Crippen LogP contribution in [0, 0.1) is 11.8 Å². The van der Waals surface area contributed by atoms with E-state index >= 15 is 0 Å². The Kier molecular flexibility index (Phi) is 5.00. The first-order valence-corrected chi connectivity index (χ1v) is 8.75. The first-order valence-electron chi connectivity index (χ1n) is 8.75. The molecule has 1 spiro atoms. The van der Waals surface area contributed by atoms with Gasteiger partial charge in [-0.05, 0) is 50.4 Å². The van der Waals surface area contributed by atoms with Crippen LogP contribution in [0.3, 0.4) is 0 Å². The van der Waals surface area contributed by atoms with Gasteiger partial charge in [-0.1, -0.05) is 25.7 Å². The molecule has 0 bridgehead atoms. The summed E-state index contributed by atoms with van der Waals surface area (Å²) in [5, 5.41) is 0. The summed E-state index contributed by atoms with van der Waals surface area (Å²) in [6.45, 7) is 2.63. The molecule has 3 fully saturated rings. The molecule has 2 saturated heterocycles. The molecule has 1 saturated carbocycles. The molecule has 0 aromatic heterocycles. The van der Waals surface area contributed by atoms with Gasteiger partial charge in [0, 0.05) is 25.9 Å². The van der Waals surface area contributed by atoms with Crippen LogP contribution in [-0.2, 0) is 9.47 Å². The second kappa shape index (κ2) is 6.76. The molecule has 116 valence electrons. The molecular weight excluding hydrogens is 250 g/mol. The minimum absolute atomic E-state index is 0.103. The summed E-state index contributed by atoms with van der Waals surface area (Å²) < 4.78 is 11.6. The van der Waals surface area contributed by atoms with Crippen molar-refractivity contribution < 1.29 is 9.47 Å². The van der Waals surface area contributed by atoms with Crippen molar-refractivity contribution in [2.75, 3.05) is 19.8 Å². The Morgan fingerprint density at radius 1 is 1.05 bits per heavy atom. The van der Waals surface area contributed by atoms with Crippen LogP contribution in [0.5, 0.6) is 0 Å². The summed E-state index contributed by atoms with van der Waals surface area (Å²) in [5.41, 5.74) is 6.63. The van der Waals surface area contributed by atoms with E-state index in [-0.39, 0.29) is 5.60 Å². The Morgan fingerprint density at radius 2 is 1.80 bits per heavy atom. The fraction of sp³-hybridized carbons (Fsp3) is 1.00. The van der Waals surface area contributed by atoms with Gasteiger partial charge < -0.3 is 15.2 Å². The van der Waals surface area contributed by atoms with E-state index < -0.39 is 0 Å². The summed E-state index contributed by atoms with van der Waals surface area (Å²) >= 11 is 0. The minimum Gasteiger partial charge on any atom is -0.381 e. The van der Waals surface area contributed by atoms with Crippen molar-refractivity contribution in [3.8, 4) is 0 Å². The highest BCUT2D eigenvalue weighted by atomic mass is 16.5. The molecule has 0 radical (unpaired) electrons. The second-order valence-electron chi connectivity index (χ2n) is 7.29. The molecule has 3 aliphatic rings. The van der Waals surface area contributed by atoms with Crippen molar-refractivity contribution in [3.05, 3.63) is 0 Å². The quantitative estimate of drug-likeness (QED) is 0.860. The smallest absolute Gasteiger partial charge is 0.0729 e. The lowest BCUT2D eigenvalue weighted by Crippen LogP contribution is -2.48. The van der Waals surface area contributed by atoms with Crippen LogP contribution in [0.1, 0.15) is 64.2 Å². The van der Waals surface area contributed by atoms with Crippen molar-refractivity contribution in [1.82, 2.24) is 0 Å². The lowest BCUT2D eigenvalue weighted by atomic mass is 9.76. The molecule has 2 aliphatic heterocycles. The Labute approximate surface area is 123 Å². The second-order valence-corrected chi connectivity index (χ2v) is 7.29. The molecule has 3 rings (SSSR count).